The number of carbonyl (C=O) groups is 1. The van der Waals surface area contributed by atoms with Crippen LogP contribution in [0.25, 0.3) is 17.3 Å². The number of benzene rings is 1. The number of carbonyl (C=O) groups excluding carboxylic acids is 1. The van der Waals surface area contributed by atoms with E-state index in [1.807, 2.05) is 39.5 Å². The van der Waals surface area contributed by atoms with E-state index in [1.165, 1.54) is 5.56 Å². The molecule has 3 aromatic rings. The van der Waals surface area contributed by atoms with Crippen LogP contribution in [-0.2, 0) is 7.05 Å². The van der Waals surface area contributed by atoms with Crippen molar-refractivity contribution in [2.45, 2.75) is 25.7 Å². The number of rotatable bonds is 7. The second-order valence-electron chi connectivity index (χ2n) is 8.18. The number of piperidine rings is 1. The lowest BCUT2D eigenvalue weighted by atomic mass is 9.90. The Hall–Kier alpha value is -3.45. The molecule has 3 heterocycles. The maximum absolute atomic E-state index is 12.1. The minimum atomic E-state index is 0.532. The van der Waals surface area contributed by atoms with Gasteiger partial charge in [-0.3, -0.25) is 9.48 Å². The highest BCUT2D eigenvalue weighted by Gasteiger charge is 2.19. The van der Waals surface area contributed by atoms with Crippen LogP contribution in [0.5, 0.6) is 0 Å². The van der Waals surface area contributed by atoms with Gasteiger partial charge in [-0.1, -0.05) is 12.1 Å². The van der Waals surface area contributed by atoms with Crippen LogP contribution in [0.4, 0.5) is 11.5 Å². The molecule has 1 saturated heterocycles. The Labute approximate surface area is 189 Å². The quantitative estimate of drug-likeness (QED) is 0.492. The predicted molar refractivity (Wildman–Crippen MR) is 129 cm³/mol. The van der Waals surface area contributed by atoms with Crippen LogP contribution in [0, 0.1) is 6.92 Å². The van der Waals surface area contributed by atoms with Crippen LogP contribution in [0.2, 0.25) is 0 Å². The molecular weight excluding hydrogens is 400 g/mol. The molecule has 3 N–H and O–H groups in total. The van der Waals surface area contributed by atoms with E-state index >= 15 is 0 Å². The summed E-state index contributed by atoms with van der Waals surface area (Å²) in [4.78, 5) is 17.0. The summed E-state index contributed by atoms with van der Waals surface area (Å²) in [5.74, 6) is 1.14. The third-order valence-electron chi connectivity index (χ3n) is 6.02. The molecule has 7 heteroatoms. The topological polar surface area (TPSA) is 83.9 Å². The molecule has 0 saturated carbocycles. The Morgan fingerprint density at radius 2 is 1.91 bits per heavy atom. The third-order valence-corrected chi connectivity index (χ3v) is 6.02. The van der Waals surface area contributed by atoms with Gasteiger partial charge in [-0.25, -0.2) is 4.98 Å². The van der Waals surface area contributed by atoms with E-state index in [0.29, 0.717) is 17.3 Å². The summed E-state index contributed by atoms with van der Waals surface area (Å²) in [5.41, 5.74) is 6.26. The lowest BCUT2D eigenvalue weighted by molar-refractivity contribution is 0.112. The Bertz CT molecular complexity index is 1110. The molecule has 166 valence electrons. The molecule has 1 aromatic carbocycles. The van der Waals surface area contributed by atoms with E-state index in [2.05, 4.69) is 45.3 Å². The van der Waals surface area contributed by atoms with E-state index in [0.717, 1.165) is 60.3 Å². The molecule has 0 spiro atoms. The number of hydrogen-bond acceptors (Lipinski definition) is 6. The van der Waals surface area contributed by atoms with Gasteiger partial charge in [-0.15, -0.1) is 0 Å². The fourth-order valence-electron chi connectivity index (χ4n) is 4.26. The van der Waals surface area contributed by atoms with Gasteiger partial charge in [-0.2, -0.15) is 5.10 Å². The molecule has 0 bridgehead atoms. The van der Waals surface area contributed by atoms with Gasteiger partial charge < -0.3 is 16.0 Å². The molecule has 7 nitrogen and oxygen atoms in total. The van der Waals surface area contributed by atoms with Gasteiger partial charge in [-0.05, 0) is 79.9 Å². The van der Waals surface area contributed by atoms with E-state index in [9.17, 15) is 4.79 Å². The summed E-state index contributed by atoms with van der Waals surface area (Å²) < 4.78 is 1.75. The predicted octanol–water partition coefficient (Wildman–Crippen LogP) is 4.00. The first-order valence-corrected chi connectivity index (χ1v) is 11.0. The zero-order chi connectivity index (χ0) is 22.5. The minimum absolute atomic E-state index is 0.532. The average Bonchev–Trinajstić information content (AvgIpc) is 3.26. The Morgan fingerprint density at radius 3 is 2.53 bits per heavy atom. The molecule has 0 aliphatic carbocycles. The SMILES string of the molecule is CN/C=C\c1c(C)c(-c2cnn(C)c2)nc(Nc2ccc(C3CCNCC3)cc2)c1C=O. The van der Waals surface area contributed by atoms with Gasteiger partial charge >= 0.3 is 0 Å². The van der Waals surface area contributed by atoms with Crippen molar-refractivity contribution in [3.05, 3.63) is 65.1 Å². The highest BCUT2D eigenvalue weighted by Crippen LogP contribution is 2.32. The van der Waals surface area contributed by atoms with E-state index < -0.39 is 0 Å². The molecule has 0 radical (unpaired) electrons. The molecule has 1 aliphatic rings. The van der Waals surface area contributed by atoms with Gasteiger partial charge in [0.1, 0.15) is 5.82 Å². The summed E-state index contributed by atoms with van der Waals surface area (Å²) >= 11 is 0. The van der Waals surface area contributed by atoms with Gasteiger partial charge in [0.15, 0.2) is 6.29 Å². The van der Waals surface area contributed by atoms with Gasteiger partial charge in [0.25, 0.3) is 0 Å². The smallest absolute Gasteiger partial charge is 0.154 e. The second kappa shape index (κ2) is 9.78. The maximum atomic E-state index is 12.1. The molecule has 1 fully saturated rings. The van der Waals surface area contributed by atoms with Crippen LogP contribution in [-0.4, -0.2) is 41.2 Å². The Balaban J connectivity index is 1.72. The van der Waals surface area contributed by atoms with Crippen molar-refractivity contribution in [3.63, 3.8) is 0 Å². The van der Waals surface area contributed by atoms with Gasteiger partial charge in [0, 0.05) is 31.5 Å². The normalized spacial score (nSPS) is 14.6. The minimum Gasteiger partial charge on any atom is -0.394 e. The van der Waals surface area contributed by atoms with E-state index in [-0.39, 0.29) is 0 Å². The van der Waals surface area contributed by atoms with E-state index in [1.54, 1.807) is 10.9 Å². The number of aldehydes is 1. The fourth-order valence-corrected chi connectivity index (χ4v) is 4.26. The van der Waals surface area contributed by atoms with Crippen molar-refractivity contribution in [3.8, 4) is 11.3 Å². The molecule has 0 atom stereocenters. The molecular formula is C25H30N6O. The van der Waals surface area contributed by atoms with Crippen molar-refractivity contribution in [2.24, 2.45) is 7.05 Å². The first kappa shape index (κ1) is 21.8. The molecule has 32 heavy (non-hydrogen) atoms. The van der Waals surface area contributed by atoms with Crippen LogP contribution in [0.15, 0.2) is 42.9 Å². The van der Waals surface area contributed by atoms with Gasteiger partial charge in [0.2, 0.25) is 0 Å². The van der Waals surface area contributed by atoms with Crippen molar-refractivity contribution in [1.29, 1.82) is 0 Å². The first-order valence-electron chi connectivity index (χ1n) is 11.0. The number of hydrogen-bond donors (Lipinski definition) is 3. The van der Waals surface area contributed by atoms with Crippen LogP contribution >= 0.6 is 0 Å². The highest BCUT2D eigenvalue weighted by atomic mass is 16.1. The third kappa shape index (κ3) is 4.57. The van der Waals surface area contributed by atoms with Crippen molar-refractivity contribution >= 4 is 23.9 Å². The van der Waals surface area contributed by atoms with Crippen molar-refractivity contribution < 1.29 is 4.79 Å². The van der Waals surface area contributed by atoms with Crippen LogP contribution in [0.3, 0.4) is 0 Å². The number of nitrogens with one attached hydrogen (secondary N) is 3. The summed E-state index contributed by atoms with van der Waals surface area (Å²) in [6, 6.07) is 8.49. The van der Waals surface area contributed by atoms with Crippen LogP contribution in [0.1, 0.15) is 45.8 Å². The molecule has 2 aromatic heterocycles. The number of nitrogens with zero attached hydrogens (tertiary/aromatic N) is 3. The summed E-state index contributed by atoms with van der Waals surface area (Å²) in [6.45, 7) is 4.12. The maximum Gasteiger partial charge on any atom is 0.154 e. The molecule has 4 rings (SSSR count). The molecule has 0 unspecified atom stereocenters. The van der Waals surface area contributed by atoms with Crippen LogP contribution < -0.4 is 16.0 Å². The lowest BCUT2D eigenvalue weighted by Crippen LogP contribution is -2.26. The second-order valence-corrected chi connectivity index (χ2v) is 8.18. The zero-order valence-corrected chi connectivity index (χ0v) is 18.9. The standard InChI is InChI=1S/C25H30N6O/c1-17-22(10-11-26-2)23(16-32)25(30-24(17)20-14-28-31(3)15-20)29-21-6-4-18(5-7-21)19-8-12-27-13-9-19/h4-7,10-11,14-16,19,26-27H,8-9,12-13H2,1-3H3,(H,29,30)/b11-10-. The lowest BCUT2D eigenvalue weighted by Gasteiger charge is -2.23. The number of aromatic nitrogens is 3. The Kier molecular flexibility index (Phi) is 6.66. The largest absolute Gasteiger partial charge is 0.394 e. The summed E-state index contributed by atoms with van der Waals surface area (Å²) in [7, 11) is 3.71. The highest BCUT2D eigenvalue weighted by molar-refractivity contribution is 5.92. The van der Waals surface area contributed by atoms with E-state index in [4.69, 9.17) is 4.98 Å². The van der Waals surface area contributed by atoms with Crippen molar-refractivity contribution in [2.75, 3.05) is 25.5 Å². The monoisotopic (exact) mass is 430 g/mol. The van der Waals surface area contributed by atoms with Gasteiger partial charge in [0.05, 0.1) is 17.5 Å². The summed E-state index contributed by atoms with van der Waals surface area (Å²) in [5, 5.41) is 14.1. The summed E-state index contributed by atoms with van der Waals surface area (Å²) in [6.07, 6.45) is 10.6. The molecule has 1 aliphatic heterocycles. The number of aryl methyl sites for hydroxylation is 1. The molecule has 0 amide bonds. The Morgan fingerprint density at radius 1 is 1.16 bits per heavy atom. The number of pyridine rings is 1. The first-order chi connectivity index (χ1) is 15.6. The fraction of sp³-hybridized carbons (Fsp3) is 0.320. The number of anilines is 2. The zero-order valence-electron chi connectivity index (χ0n) is 18.9. The average molecular weight is 431 g/mol. The van der Waals surface area contributed by atoms with Crippen molar-refractivity contribution in [1.82, 2.24) is 25.4 Å².